The standard InChI is InChI=1S/C15H20O4.C14H18O2/c1-3-14(16)19-15(2,17-12-8-4-5-9-12)18-13-10-6-7-11-13;1-10(14(15)16)13(11-6-2-3-7-11)12-8-4-5-9-12/h3,8,10H,1,4-7,9,11H2,2H3;6,8,13H,1-5,7,9H2,(H,15,16). The van der Waals surface area contributed by atoms with Crippen LogP contribution in [0, 0.1) is 5.92 Å². The number of carboxylic acid groups (broad SMARTS) is 1. The highest BCUT2D eigenvalue weighted by Crippen LogP contribution is 2.39. The van der Waals surface area contributed by atoms with Gasteiger partial charge in [0.15, 0.2) is 0 Å². The fourth-order valence-electron chi connectivity index (χ4n) is 4.96. The molecule has 0 spiro atoms. The molecule has 0 aromatic rings. The molecule has 0 heterocycles. The molecule has 190 valence electrons. The van der Waals surface area contributed by atoms with Gasteiger partial charge in [0.2, 0.25) is 0 Å². The Labute approximate surface area is 208 Å². The van der Waals surface area contributed by atoms with E-state index in [1.165, 1.54) is 11.1 Å². The summed E-state index contributed by atoms with van der Waals surface area (Å²) in [6.45, 7) is 8.77. The van der Waals surface area contributed by atoms with E-state index in [9.17, 15) is 9.59 Å². The molecule has 6 heteroatoms. The molecule has 4 rings (SSSR count). The van der Waals surface area contributed by atoms with Crippen molar-refractivity contribution in [2.75, 3.05) is 0 Å². The fourth-order valence-corrected chi connectivity index (χ4v) is 4.96. The zero-order chi connectivity index (χ0) is 25.3. The molecule has 0 unspecified atom stereocenters. The number of carboxylic acids is 1. The summed E-state index contributed by atoms with van der Waals surface area (Å²) in [6, 6.07) is 0. The minimum absolute atomic E-state index is 0.0116. The summed E-state index contributed by atoms with van der Waals surface area (Å²) in [6.07, 6.45) is 21.9. The first kappa shape index (κ1) is 26.6. The van der Waals surface area contributed by atoms with Crippen LogP contribution in [0.15, 0.2) is 71.8 Å². The van der Waals surface area contributed by atoms with E-state index in [0.29, 0.717) is 5.57 Å². The van der Waals surface area contributed by atoms with Gasteiger partial charge in [-0.15, -0.1) is 0 Å². The molecule has 1 N–H and O–H groups in total. The van der Waals surface area contributed by atoms with E-state index in [1.54, 1.807) is 6.92 Å². The van der Waals surface area contributed by atoms with Crippen molar-refractivity contribution in [1.29, 1.82) is 0 Å². The van der Waals surface area contributed by atoms with Gasteiger partial charge in [-0.1, -0.05) is 36.5 Å². The van der Waals surface area contributed by atoms with Crippen LogP contribution < -0.4 is 0 Å². The largest absolute Gasteiger partial charge is 0.478 e. The van der Waals surface area contributed by atoms with Crippen molar-refractivity contribution in [3.8, 4) is 0 Å². The van der Waals surface area contributed by atoms with Gasteiger partial charge in [0, 0.05) is 30.4 Å². The quantitative estimate of drug-likeness (QED) is 0.156. The van der Waals surface area contributed by atoms with E-state index in [1.807, 2.05) is 12.2 Å². The lowest BCUT2D eigenvalue weighted by molar-refractivity contribution is -0.321. The first-order chi connectivity index (χ1) is 16.8. The third kappa shape index (κ3) is 7.74. The van der Waals surface area contributed by atoms with Crippen molar-refractivity contribution in [2.45, 2.75) is 89.9 Å². The molecule has 6 nitrogen and oxygen atoms in total. The Morgan fingerprint density at radius 3 is 1.69 bits per heavy atom. The van der Waals surface area contributed by atoms with Gasteiger partial charge < -0.3 is 19.3 Å². The number of carbonyl (C=O) groups excluding carboxylic acids is 1. The van der Waals surface area contributed by atoms with Gasteiger partial charge in [0.05, 0.1) is 6.92 Å². The van der Waals surface area contributed by atoms with Crippen LogP contribution in [0.25, 0.3) is 0 Å². The van der Waals surface area contributed by atoms with Crippen molar-refractivity contribution in [3.05, 3.63) is 71.8 Å². The Balaban J connectivity index is 0.000000198. The molecule has 4 aliphatic carbocycles. The summed E-state index contributed by atoms with van der Waals surface area (Å²) in [5.74, 6) is -1.19. The minimum Gasteiger partial charge on any atom is -0.478 e. The molecular weight excluding hydrogens is 444 g/mol. The van der Waals surface area contributed by atoms with Crippen LogP contribution in [0.5, 0.6) is 0 Å². The predicted molar refractivity (Wildman–Crippen MR) is 135 cm³/mol. The second-order valence-corrected chi connectivity index (χ2v) is 9.42. The zero-order valence-corrected chi connectivity index (χ0v) is 20.9. The molecule has 0 aliphatic heterocycles. The zero-order valence-electron chi connectivity index (χ0n) is 20.9. The van der Waals surface area contributed by atoms with Gasteiger partial charge in [-0.2, -0.15) is 0 Å². The Morgan fingerprint density at radius 1 is 0.886 bits per heavy atom. The molecule has 0 aromatic carbocycles. The van der Waals surface area contributed by atoms with Crippen LogP contribution in [0.1, 0.15) is 84.0 Å². The number of hydrogen-bond acceptors (Lipinski definition) is 5. The summed E-state index contributed by atoms with van der Waals surface area (Å²) in [4.78, 5) is 22.5. The average molecular weight is 483 g/mol. The van der Waals surface area contributed by atoms with E-state index < -0.39 is 17.9 Å². The normalized spacial score (nSPS) is 19.1. The second kappa shape index (κ2) is 12.6. The first-order valence-electron chi connectivity index (χ1n) is 12.7. The molecule has 4 aliphatic rings. The molecule has 0 fully saturated rings. The number of carbonyl (C=O) groups is 2. The van der Waals surface area contributed by atoms with Gasteiger partial charge in [-0.3, -0.25) is 0 Å². The molecule has 0 aromatic heterocycles. The number of aliphatic carboxylic acids is 1. The Morgan fingerprint density at radius 2 is 1.34 bits per heavy atom. The van der Waals surface area contributed by atoms with Gasteiger partial charge in [-0.25, -0.2) is 9.59 Å². The van der Waals surface area contributed by atoms with Gasteiger partial charge in [0.1, 0.15) is 11.5 Å². The van der Waals surface area contributed by atoms with Crippen LogP contribution in [-0.4, -0.2) is 23.0 Å². The lowest BCUT2D eigenvalue weighted by atomic mass is 9.84. The maximum Gasteiger partial charge on any atom is 0.415 e. The van der Waals surface area contributed by atoms with Gasteiger partial charge in [-0.05, 0) is 76.4 Å². The lowest BCUT2D eigenvalue weighted by Gasteiger charge is -2.30. The van der Waals surface area contributed by atoms with E-state index in [0.717, 1.165) is 94.6 Å². The summed E-state index contributed by atoms with van der Waals surface area (Å²) < 4.78 is 16.7. The first-order valence-corrected chi connectivity index (χ1v) is 12.7. The van der Waals surface area contributed by atoms with Crippen LogP contribution in [0.2, 0.25) is 0 Å². The minimum atomic E-state index is -1.41. The highest BCUT2D eigenvalue weighted by Gasteiger charge is 2.36. The summed E-state index contributed by atoms with van der Waals surface area (Å²) in [5.41, 5.74) is 2.90. The number of esters is 1. The van der Waals surface area contributed by atoms with Crippen molar-refractivity contribution in [1.82, 2.24) is 0 Å². The smallest absolute Gasteiger partial charge is 0.415 e. The SMILES string of the molecule is C=C(C(=O)O)C(C1=CCCC1)C1=CCCC1.C=CC(=O)OC(C)(OC1=CCCC1)OC1=CCCC1. The van der Waals surface area contributed by atoms with E-state index in [4.69, 9.17) is 19.3 Å². The lowest BCUT2D eigenvalue weighted by Crippen LogP contribution is -2.37. The summed E-state index contributed by atoms with van der Waals surface area (Å²) in [7, 11) is 0. The van der Waals surface area contributed by atoms with Crippen molar-refractivity contribution in [2.24, 2.45) is 5.92 Å². The maximum atomic E-state index is 11.4. The highest BCUT2D eigenvalue weighted by atomic mass is 16.9. The molecule has 0 bridgehead atoms. The number of ether oxygens (including phenoxy) is 3. The molecular formula is C29H38O6. The molecule has 0 amide bonds. The molecule has 0 saturated carbocycles. The predicted octanol–water partition coefficient (Wildman–Crippen LogP) is 7.02. The third-order valence-electron chi connectivity index (χ3n) is 6.60. The Kier molecular flexibility index (Phi) is 9.58. The van der Waals surface area contributed by atoms with E-state index in [2.05, 4.69) is 25.3 Å². The van der Waals surface area contributed by atoms with Crippen LogP contribution in [0.3, 0.4) is 0 Å². The number of allylic oxidation sites excluding steroid dienone is 8. The molecule has 35 heavy (non-hydrogen) atoms. The monoisotopic (exact) mass is 482 g/mol. The molecule has 0 radical (unpaired) electrons. The van der Waals surface area contributed by atoms with Crippen LogP contribution >= 0.6 is 0 Å². The Bertz CT molecular complexity index is 895. The Hall–Kier alpha value is -3.02. The van der Waals surface area contributed by atoms with Gasteiger partial charge >= 0.3 is 17.9 Å². The van der Waals surface area contributed by atoms with Crippen LogP contribution in [0.4, 0.5) is 0 Å². The fraction of sp³-hybridized carbons (Fsp3) is 0.517. The van der Waals surface area contributed by atoms with Crippen LogP contribution in [-0.2, 0) is 23.8 Å². The van der Waals surface area contributed by atoms with Crippen molar-refractivity contribution in [3.63, 3.8) is 0 Å². The van der Waals surface area contributed by atoms with E-state index >= 15 is 0 Å². The number of hydrogen-bond donors (Lipinski definition) is 1. The molecule has 0 atom stereocenters. The summed E-state index contributed by atoms with van der Waals surface area (Å²) in [5, 5.41) is 9.12. The number of rotatable bonds is 10. The topological polar surface area (TPSA) is 82.1 Å². The van der Waals surface area contributed by atoms with Gasteiger partial charge in [0.25, 0.3) is 0 Å². The molecule has 0 saturated heterocycles. The highest BCUT2D eigenvalue weighted by molar-refractivity contribution is 5.88. The maximum absolute atomic E-state index is 11.4. The van der Waals surface area contributed by atoms with Crippen molar-refractivity contribution < 1.29 is 28.9 Å². The summed E-state index contributed by atoms with van der Waals surface area (Å²) >= 11 is 0. The second-order valence-electron chi connectivity index (χ2n) is 9.42. The van der Waals surface area contributed by atoms with E-state index in [-0.39, 0.29) is 5.92 Å². The van der Waals surface area contributed by atoms with Crippen molar-refractivity contribution >= 4 is 11.9 Å². The average Bonchev–Trinajstić information content (AvgIpc) is 3.62. The third-order valence-corrected chi connectivity index (χ3v) is 6.60.